The molecule has 5 rings (SSSR count). The molecule has 142 valence electrons. The number of nitrogens with zero attached hydrogens (tertiary/aromatic N) is 1. The molecule has 3 aliphatic rings. The van der Waals surface area contributed by atoms with Gasteiger partial charge in [-0.15, -0.1) is 0 Å². The van der Waals surface area contributed by atoms with E-state index in [1.807, 2.05) is 12.1 Å². The number of sulfonamides is 1. The highest BCUT2D eigenvalue weighted by Crippen LogP contribution is 2.54. The van der Waals surface area contributed by atoms with Gasteiger partial charge in [0.25, 0.3) is 0 Å². The molecule has 0 N–H and O–H groups in total. The van der Waals surface area contributed by atoms with Crippen LogP contribution in [0.1, 0.15) is 24.0 Å². The minimum absolute atomic E-state index is 0.0958. The summed E-state index contributed by atoms with van der Waals surface area (Å²) in [6.07, 6.45) is 1.98. The third kappa shape index (κ3) is 2.60. The second kappa shape index (κ2) is 5.87. The zero-order chi connectivity index (χ0) is 18.6. The van der Waals surface area contributed by atoms with Crippen LogP contribution in [0.25, 0.3) is 0 Å². The second-order valence-corrected chi connectivity index (χ2v) is 9.26. The third-order valence-corrected chi connectivity index (χ3v) is 7.53. The molecular weight excluding hydrogens is 366 g/mol. The fraction of sp³-hybridized carbons (Fsp3) is 0.400. The Morgan fingerprint density at radius 3 is 2.70 bits per heavy atom. The molecule has 2 aromatic carbocycles. The maximum absolute atomic E-state index is 13.5. The molecule has 7 heteroatoms. The first kappa shape index (κ1) is 16.9. The largest absolute Gasteiger partial charge is 0.497 e. The Bertz CT molecular complexity index is 1010. The lowest BCUT2D eigenvalue weighted by atomic mass is 9.88. The summed E-state index contributed by atoms with van der Waals surface area (Å²) in [7, 11) is -2.04. The van der Waals surface area contributed by atoms with Gasteiger partial charge in [0, 0.05) is 18.5 Å². The van der Waals surface area contributed by atoms with Gasteiger partial charge in [-0.2, -0.15) is 4.31 Å². The Morgan fingerprint density at radius 2 is 1.93 bits per heavy atom. The van der Waals surface area contributed by atoms with E-state index < -0.39 is 10.0 Å². The van der Waals surface area contributed by atoms with Crippen LogP contribution < -0.4 is 14.2 Å². The minimum Gasteiger partial charge on any atom is -0.497 e. The fourth-order valence-electron chi connectivity index (χ4n) is 4.12. The highest BCUT2D eigenvalue weighted by Gasteiger charge is 2.51. The molecule has 2 heterocycles. The van der Waals surface area contributed by atoms with Crippen molar-refractivity contribution in [3.8, 4) is 17.2 Å². The summed E-state index contributed by atoms with van der Waals surface area (Å²) < 4.78 is 45.1. The van der Waals surface area contributed by atoms with Gasteiger partial charge in [-0.25, -0.2) is 8.42 Å². The number of para-hydroxylation sites is 1. The molecule has 0 amide bonds. The number of rotatable bonds is 3. The molecule has 0 radical (unpaired) electrons. The smallest absolute Gasteiger partial charge is 0.247 e. The minimum atomic E-state index is -3.70. The van der Waals surface area contributed by atoms with Gasteiger partial charge in [0.1, 0.15) is 23.9 Å². The van der Waals surface area contributed by atoms with Crippen LogP contribution in [0.2, 0.25) is 0 Å². The number of fused-ring (bicyclic) bond motifs is 3. The van der Waals surface area contributed by atoms with E-state index in [4.69, 9.17) is 14.2 Å². The van der Waals surface area contributed by atoms with Crippen LogP contribution in [0.5, 0.6) is 17.2 Å². The van der Waals surface area contributed by atoms with E-state index >= 15 is 0 Å². The van der Waals surface area contributed by atoms with Crippen molar-refractivity contribution in [3.05, 3.63) is 47.5 Å². The summed E-state index contributed by atoms with van der Waals surface area (Å²) in [6.45, 7) is 1.62. The van der Waals surface area contributed by atoms with Crippen LogP contribution in [0.15, 0.2) is 41.3 Å². The highest BCUT2D eigenvalue weighted by molar-refractivity contribution is 7.89. The molecule has 6 nitrogen and oxygen atoms in total. The zero-order valence-corrected chi connectivity index (χ0v) is 15.9. The second-order valence-electron chi connectivity index (χ2n) is 7.36. The molecular formula is C20H21NO5S. The predicted octanol–water partition coefficient (Wildman–Crippen LogP) is 2.70. The van der Waals surface area contributed by atoms with Crippen molar-refractivity contribution in [2.75, 3.05) is 26.9 Å². The van der Waals surface area contributed by atoms with Gasteiger partial charge in [0.05, 0.1) is 7.11 Å². The van der Waals surface area contributed by atoms with E-state index in [1.54, 1.807) is 29.6 Å². The summed E-state index contributed by atoms with van der Waals surface area (Å²) in [5, 5.41) is 0. The van der Waals surface area contributed by atoms with Crippen LogP contribution >= 0.6 is 0 Å². The number of methoxy groups -OCH3 is 1. The SMILES string of the molecule is COc1ccc2c(c1)C1(CC1)CN(S(=O)(=O)c1cccc3c1OCCO3)C2. The van der Waals surface area contributed by atoms with Gasteiger partial charge in [0.2, 0.25) is 10.0 Å². The van der Waals surface area contributed by atoms with Crippen molar-refractivity contribution in [2.24, 2.45) is 0 Å². The van der Waals surface area contributed by atoms with Crippen LogP contribution in [-0.2, 0) is 22.0 Å². The first-order valence-electron chi connectivity index (χ1n) is 9.10. The van der Waals surface area contributed by atoms with E-state index in [2.05, 4.69) is 6.07 Å². The molecule has 0 saturated heterocycles. The van der Waals surface area contributed by atoms with Gasteiger partial charge >= 0.3 is 0 Å². The Morgan fingerprint density at radius 1 is 1.11 bits per heavy atom. The molecule has 0 atom stereocenters. The maximum atomic E-state index is 13.5. The Kier molecular flexibility index (Phi) is 3.67. The van der Waals surface area contributed by atoms with Crippen LogP contribution in [-0.4, -0.2) is 39.6 Å². The van der Waals surface area contributed by atoms with Gasteiger partial charge in [0.15, 0.2) is 11.5 Å². The average molecular weight is 387 g/mol. The van der Waals surface area contributed by atoms with Crippen molar-refractivity contribution >= 4 is 10.0 Å². The summed E-state index contributed by atoms with van der Waals surface area (Å²) in [5.41, 5.74) is 2.18. The molecule has 0 unspecified atom stereocenters. The van der Waals surface area contributed by atoms with E-state index in [-0.39, 0.29) is 10.3 Å². The molecule has 27 heavy (non-hydrogen) atoms. The zero-order valence-electron chi connectivity index (χ0n) is 15.1. The quantitative estimate of drug-likeness (QED) is 0.810. The number of benzene rings is 2. The van der Waals surface area contributed by atoms with Gasteiger partial charge in [-0.1, -0.05) is 12.1 Å². The first-order valence-corrected chi connectivity index (χ1v) is 10.5. The lowest BCUT2D eigenvalue weighted by Gasteiger charge is -2.35. The number of hydrogen-bond donors (Lipinski definition) is 0. The standard InChI is InChI=1S/C20H21NO5S/c1-24-15-6-5-14-12-21(13-20(7-8-20)16(14)11-15)27(22,23)18-4-2-3-17-19(18)26-10-9-25-17/h2-6,11H,7-10,12-13H2,1H3. The van der Waals surface area contributed by atoms with Crippen molar-refractivity contribution in [3.63, 3.8) is 0 Å². The average Bonchev–Trinajstić information content (AvgIpc) is 3.47. The topological polar surface area (TPSA) is 65.1 Å². The Balaban J connectivity index is 1.56. The Hall–Kier alpha value is -2.25. The molecule has 1 saturated carbocycles. The van der Waals surface area contributed by atoms with Crippen molar-refractivity contribution < 1.29 is 22.6 Å². The highest BCUT2D eigenvalue weighted by atomic mass is 32.2. The van der Waals surface area contributed by atoms with Gasteiger partial charge in [-0.05, 0) is 48.2 Å². The lowest BCUT2D eigenvalue weighted by Crippen LogP contribution is -2.41. The molecule has 2 aliphatic heterocycles. The summed E-state index contributed by atoms with van der Waals surface area (Å²) >= 11 is 0. The summed E-state index contributed by atoms with van der Waals surface area (Å²) in [6, 6.07) is 11.0. The molecule has 2 aromatic rings. The molecule has 1 fully saturated rings. The monoisotopic (exact) mass is 387 g/mol. The van der Waals surface area contributed by atoms with Crippen molar-refractivity contribution in [1.29, 1.82) is 0 Å². The normalized spacial score (nSPS) is 20.2. The third-order valence-electron chi connectivity index (χ3n) is 5.72. The summed E-state index contributed by atoms with van der Waals surface area (Å²) in [5.74, 6) is 1.64. The van der Waals surface area contributed by atoms with Gasteiger partial charge < -0.3 is 14.2 Å². The molecule has 1 spiro atoms. The predicted molar refractivity (Wildman–Crippen MR) is 98.9 cm³/mol. The Labute approximate surface area is 158 Å². The fourth-order valence-corrected chi connectivity index (χ4v) is 5.77. The van der Waals surface area contributed by atoms with Crippen molar-refractivity contribution in [1.82, 2.24) is 4.31 Å². The molecule has 1 aliphatic carbocycles. The van der Waals surface area contributed by atoms with Crippen LogP contribution in [0.3, 0.4) is 0 Å². The summed E-state index contributed by atoms with van der Waals surface area (Å²) in [4.78, 5) is 0.187. The van der Waals surface area contributed by atoms with Crippen molar-refractivity contribution in [2.45, 2.75) is 29.7 Å². The van der Waals surface area contributed by atoms with E-state index in [0.29, 0.717) is 37.8 Å². The van der Waals surface area contributed by atoms with E-state index in [9.17, 15) is 8.42 Å². The molecule has 0 bridgehead atoms. The number of ether oxygens (including phenoxy) is 3. The molecule has 0 aromatic heterocycles. The maximum Gasteiger partial charge on any atom is 0.247 e. The van der Waals surface area contributed by atoms with Crippen LogP contribution in [0.4, 0.5) is 0 Å². The van der Waals surface area contributed by atoms with Crippen LogP contribution in [0, 0.1) is 0 Å². The first-order chi connectivity index (χ1) is 13.0. The lowest BCUT2D eigenvalue weighted by molar-refractivity contribution is 0.166. The van der Waals surface area contributed by atoms with E-state index in [1.165, 1.54) is 5.56 Å². The number of hydrogen-bond acceptors (Lipinski definition) is 5. The van der Waals surface area contributed by atoms with Gasteiger partial charge in [-0.3, -0.25) is 0 Å². The van der Waals surface area contributed by atoms with E-state index in [0.717, 1.165) is 24.2 Å².